The van der Waals surface area contributed by atoms with Crippen molar-refractivity contribution in [3.8, 4) is 23.0 Å². The van der Waals surface area contributed by atoms with Crippen molar-refractivity contribution in [2.24, 2.45) is 11.5 Å². The van der Waals surface area contributed by atoms with Crippen LogP contribution in [0.25, 0.3) is 21.8 Å². The molecular formula is C81H85N13O16. The first-order chi connectivity index (χ1) is 52.9. The maximum Gasteiger partial charge on any atom is 0.340 e. The van der Waals surface area contributed by atoms with Crippen molar-refractivity contribution in [1.29, 1.82) is 0 Å². The minimum absolute atomic E-state index is 0.0236. The summed E-state index contributed by atoms with van der Waals surface area (Å²) in [6.07, 6.45) is 0.592. The largest absolute Gasteiger partial charge is 0.508 e. The molecule has 1 spiro atoms. The zero-order valence-electron chi connectivity index (χ0n) is 60.1. The maximum atomic E-state index is 15.7. The number of hydrogen-bond acceptors (Lipinski definition) is 17. The van der Waals surface area contributed by atoms with E-state index in [4.69, 9.17) is 20.9 Å². The van der Waals surface area contributed by atoms with Gasteiger partial charge in [-0.3, -0.25) is 47.9 Å². The molecule has 1 saturated heterocycles. The molecule has 29 heteroatoms. The Kier molecular flexibility index (Phi) is 23.7. The number of nitrogens with one attached hydrogen (secondary N) is 11. The molecule has 10 atom stereocenters. The van der Waals surface area contributed by atoms with Gasteiger partial charge >= 0.3 is 5.97 Å². The molecular weight excluding hydrogens is 1410 g/mol. The average molecular weight is 1500 g/mol. The molecule has 5 heterocycles. The number of carbonyl (C=O) groups excluding carboxylic acids is 11. The zero-order valence-corrected chi connectivity index (χ0v) is 60.1. The Hall–Kier alpha value is -12.9. The number of hydrogen-bond donors (Lipinski definition) is 16. The van der Waals surface area contributed by atoms with Crippen LogP contribution in [0.4, 0.5) is 0 Å². The molecule has 10 amide bonds. The van der Waals surface area contributed by atoms with Crippen molar-refractivity contribution < 1.29 is 77.5 Å². The molecule has 0 radical (unpaired) electrons. The number of amides is 10. The molecule has 0 bridgehead atoms. The number of ether oxygens (including phenoxy) is 2. The Balaban J connectivity index is 0.935. The van der Waals surface area contributed by atoms with Crippen molar-refractivity contribution in [2.75, 3.05) is 6.54 Å². The van der Waals surface area contributed by atoms with Crippen LogP contribution in [0.3, 0.4) is 0 Å². The van der Waals surface area contributed by atoms with Gasteiger partial charge in [-0.15, -0.1) is 0 Å². The molecule has 9 aromatic rings. The quantitative estimate of drug-likeness (QED) is 0.0483. The van der Waals surface area contributed by atoms with E-state index in [1.165, 1.54) is 68.4 Å². The predicted octanol–water partition coefficient (Wildman–Crippen LogP) is 3.77. The summed E-state index contributed by atoms with van der Waals surface area (Å²) in [6.45, 7) is 2.83. The molecule has 0 saturated carbocycles. The lowest BCUT2D eigenvalue weighted by atomic mass is 9.77. The number of unbranched alkanes of at least 4 members (excludes halogenated alkanes) is 1. The van der Waals surface area contributed by atoms with Gasteiger partial charge in [-0.1, -0.05) is 97.1 Å². The summed E-state index contributed by atoms with van der Waals surface area (Å²) >= 11 is 0. The predicted molar refractivity (Wildman–Crippen MR) is 402 cm³/mol. The summed E-state index contributed by atoms with van der Waals surface area (Å²) in [4.78, 5) is 170. The van der Waals surface area contributed by atoms with Crippen LogP contribution in [0.15, 0.2) is 176 Å². The molecule has 3 aliphatic rings. The van der Waals surface area contributed by atoms with Crippen molar-refractivity contribution in [1.82, 2.24) is 57.8 Å². The van der Waals surface area contributed by atoms with Gasteiger partial charge in [0.05, 0.1) is 17.7 Å². The lowest BCUT2D eigenvalue weighted by molar-refractivity contribution is -0.137. The molecule has 0 aliphatic carbocycles. The van der Waals surface area contributed by atoms with Crippen LogP contribution >= 0.6 is 0 Å². The number of aliphatic hydroxyl groups excluding tert-OH is 1. The van der Waals surface area contributed by atoms with E-state index in [9.17, 15) is 44.1 Å². The fourth-order valence-corrected chi connectivity index (χ4v) is 14.3. The molecule has 29 nitrogen and oxygen atoms in total. The maximum absolute atomic E-state index is 15.7. The van der Waals surface area contributed by atoms with E-state index in [1.807, 2.05) is 24.3 Å². The summed E-state index contributed by atoms with van der Waals surface area (Å²) in [5.41, 5.74) is 14.0. The molecule has 110 heavy (non-hydrogen) atoms. The minimum atomic E-state index is -1.84. The van der Waals surface area contributed by atoms with Crippen molar-refractivity contribution in [3.05, 3.63) is 226 Å². The monoisotopic (exact) mass is 1500 g/mol. The normalized spacial score (nSPS) is 21.9. The van der Waals surface area contributed by atoms with E-state index in [0.29, 0.717) is 50.5 Å². The first-order valence-corrected chi connectivity index (χ1v) is 36.3. The number of rotatable bonds is 16. The van der Waals surface area contributed by atoms with Crippen LogP contribution in [0.1, 0.15) is 112 Å². The van der Waals surface area contributed by atoms with Crippen molar-refractivity contribution in [2.45, 2.75) is 144 Å². The van der Waals surface area contributed by atoms with E-state index >= 15 is 24.0 Å². The number of primary amides is 1. The fourth-order valence-electron chi connectivity index (χ4n) is 14.3. The number of H-pyrrole nitrogens is 2. The van der Waals surface area contributed by atoms with Crippen LogP contribution < -0.4 is 64.1 Å². The van der Waals surface area contributed by atoms with Crippen LogP contribution in [-0.4, -0.2) is 157 Å². The summed E-state index contributed by atoms with van der Waals surface area (Å²) in [5, 5.41) is 58.6. The van der Waals surface area contributed by atoms with Gasteiger partial charge < -0.3 is 94.1 Å². The summed E-state index contributed by atoms with van der Waals surface area (Å²) in [6, 6.07) is 29.6. The molecule has 2 aromatic heterocycles. The molecule has 7 aromatic carbocycles. The highest BCUT2D eigenvalue weighted by molar-refractivity contribution is 6.04. The molecule has 1 fully saturated rings. The second-order valence-corrected chi connectivity index (χ2v) is 27.8. The Morgan fingerprint density at radius 3 is 1.57 bits per heavy atom. The number of nitrogens with two attached hydrogens (primary N) is 2. The molecule has 3 aliphatic heterocycles. The lowest BCUT2D eigenvalue weighted by Gasteiger charge is -2.36. The number of fused-ring (bicyclic) bond motifs is 8. The summed E-state index contributed by atoms with van der Waals surface area (Å²) in [5.74, 6) is -10.5. The smallest absolute Gasteiger partial charge is 0.340 e. The SMILES string of the molecule is CC1NC(=O)CCCC(C(N)=O)NC(=O)[C@H](Cc2ccccc2)NC(=O)[C@H]([C@@H](C)O)NC(=O)[C@H](CCCCN)NC(=O)[C@@H](Cc2c[nH]c3ccccc23)NC(=O)[C@H](Cc2c[nH]c3ccccc23)NC(=O)[C@H](Cc2ccccc2)NC(=O)C1NC(=O)c1ccc2c(c1)C1(OC2=O)c2ccc(O)cc2Oc2cc(O)ccc21. The third-order valence-corrected chi connectivity index (χ3v) is 20.0. The van der Waals surface area contributed by atoms with Crippen LogP contribution in [-0.2, 0) is 79.2 Å². The van der Waals surface area contributed by atoms with Crippen molar-refractivity contribution >= 4 is 86.8 Å². The molecule has 3 unspecified atom stereocenters. The lowest BCUT2D eigenvalue weighted by Crippen LogP contribution is -2.63. The second kappa shape index (κ2) is 33.9. The Morgan fingerprint density at radius 2 is 1.04 bits per heavy atom. The number of benzene rings is 7. The third-order valence-electron chi connectivity index (χ3n) is 20.0. The van der Waals surface area contributed by atoms with Gasteiger partial charge in [0.2, 0.25) is 53.2 Å². The van der Waals surface area contributed by atoms with Gasteiger partial charge in [0.25, 0.3) is 5.91 Å². The van der Waals surface area contributed by atoms with Crippen molar-refractivity contribution in [3.63, 3.8) is 0 Å². The van der Waals surface area contributed by atoms with E-state index < -0.39 is 131 Å². The van der Waals surface area contributed by atoms with Gasteiger partial charge in [0.1, 0.15) is 71.3 Å². The first-order valence-electron chi connectivity index (χ1n) is 36.3. The van der Waals surface area contributed by atoms with Gasteiger partial charge in [0.15, 0.2) is 5.60 Å². The number of aromatic amines is 2. The number of para-hydroxylation sites is 2. The highest BCUT2D eigenvalue weighted by Gasteiger charge is 2.54. The van der Waals surface area contributed by atoms with Gasteiger partial charge in [-0.05, 0) is 129 Å². The second-order valence-electron chi connectivity index (χ2n) is 27.8. The minimum Gasteiger partial charge on any atom is -0.508 e. The van der Waals surface area contributed by atoms with Gasteiger partial charge in [-0.25, -0.2) is 4.79 Å². The average Bonchev–Trinajstić information content (AvgIpc) is 1.48. The highest BCUT2D eigenvalue weighted by atomic mass is 16.6. The van der Waals surface area contributed by atoms with E-state index in [2.05, 4.69) is 57.8 Å². The Labute approximate surface area is 630 Å². The van der Waals surface area contributed by atoms with E-state index in [0.717, 1.165) is 0 Å². The Morgan fingerprint density at radius 1 is 0.545 bits per heavy atom. The van der Waals surface area contributed by atoms with Crippen LogP contribution in [0.2, 0.25) is 0 Å². The van der Waals surface area contributed by atoms with E-state index in [1.54, 1.807) is 97.3 Å². The topological polar surface area (TPSA) is 459 Å². The van der Waals surface area contributed by atoms with Gasteiger partial charge in [0, 0.05) is 101 Å². The fraction of sp³-hybridized carbons (Fsp3) is 0.296. The number of phenols is 2. The number of phenolic OH excluding ortho intramolecular Hbond substituents is 2. The van der Waals surface area contributed by atoms with E-state index in [-0.39, 0.29) is 115 Å². The standard InChI is InChI=1S/C81H85N13O16/c1-43-69(93-72(100)47-27-30-54-57(36-47)81(110-80(54)108)55-31-28-50(96)39-66(55)109-67-40-51(97)29-32-56(67)81)78(106)91-63(35-46-18-7-4-8-19-46)75(103)89-65(38-49-42-85-59-23-12-10-21-53(49)59)77(105)90-64(37-48-41-84-58-22-11-9-20-52(48)58)76(104)88-61(24-13-14-33-82)73(101)94-70(44(2)95)79(107)92-62(34-45-16-5-3-6-17-45)74(102)87-60(71(83)99)25-15-26-68(98)86-43/h3-12,16-23,27-32,36,39-44,60-65,69-70,84-85,95-97H,13-15,24-26,33-35,37-38,82H2,1-2H3,(H2,83,99)(H,86,98)(H,87,102)(H,88,104)(H,89,103)(H,90,105)(H,91,106)(H,92,107)(H,93,100)(H,94,101)/t43?,44-,60?,61+,62+,63+,64-,65+,69?,70+/m1/s1. The molecule has 18 N–H and O–H groups in total. The molecule has 570 valence electrons. The summed E-state index contributed by atoms with van der Waals surface area (Å²) < 4.78 is 12.4. The highest BCUT2D eigenvalue weighted by Crippen LogP contribution is 2.57. The molecule has 12 rings (SSSR count). The number of aromatic nitrogens is 2. The zero-order chi connectivity index (χ0) is 77.9. The Bertz CT molecular complexity index is 4940. The van der Waals surface area contributed by atoms with Gasteiger partial charge in [-0.2, -0.15) is 0 Å². The number of aromatic hydroxyl groups is 2. The number of carbonyl (C=O) groups is 11. The van der Waals surface area contributed by atoms with Crippen LogP contribution in [0, 0.1) is 0 Å². The van der Waals surface area contributed by atoms with Crippen LogP contribution in [0.5, 0.6) is 23.0 Å². The first kappa shape index (κ1) is 76.7. The third kappa shape index (κ3) is 17.4. The number of esters is 1. The summed E-state index contributed by atoms with van der Waals surface area (Å²) in [7, 11) is 0. The number of aliphatic hydroxyl groups is 1.